The number of carbonyl (C=O) groups excluding carboxylic acids is 1. The molecular weight excluding hydrogens is 233 g/mol. The predicted molar refractivity (Wildman–Crippen MR) is 66.9 cm³/mol. The highest BCUT2D eigenvalue weighted by atomic mass is 19.1. The van der Waals surface area contributed by atoms with Gasteiger partial charge in [-0.1, -0.05) is 6.07 Å². The van der Waals surface area contributed by atoms with Gasteiger partial charge in [-0.3, -0.25) is 4.79 Å². The van der Waals surface area contributed by atoms with E-state index in [1.807, 2.05) is 6.92 Å². The van der Waals surface area contributed by atoms with E-state index in [1.54, 1.807) is 12.1 Å². The summed E-state index contributed by atoms with van der Waals surface area (Å²) in [6, 6.07) is 4.63. The molecule has 4 heteroatoms. The molecule has 0 spiro atoms. The summed E-state index contributed by atoms with van der Waals surface area (Å²) < 4.78 is 19.2. The fraction of sp³-hybridized carbons (Fsp3) is 0.500. The SMILES string of the molecule is CC(=O)N[C@H](C)c1ccc(OCC2CC2)c(F)c1. The second kappa shape index (κ2) is 5.38. The van der Waals surface area contributed by atoms with E-state index in [2.05, 4.69) is 5.32 Å². The van der Waals surface area contributed by atoms with E-state index in [0.717, 1.165) is 5.56 Å². The first-order chi connectivity index (χ1) is 8.56. The molecule has 0 aromatic heterocycles. The Hall–Kier alpha value is -1.58. The molecule has 0 unspecified atom stereocenters. The van der Waals surface area contributed by atoms with Crippen LogP contribution in [0.3, 0.4) is 0 Å². The summed E-state index contributed by atoms with van der Waals surface area (Å²) in [5.74, 6) is 0.394. The second-order valence-corrected chi connectivity index (χ2v) is 4.87. The average molecular weight is 251 g/mol. The summed E-state index contributed by atoms with van der Waals surface area (Å²) in [7, 11) is 0. The summed E-state index contributed by atoms with van der Waals surface area (Å²) >= 11 is 0. The Kier molecular flexibility index (Phi) is 3.84. The maximum Gasteiger partial charge on any atom is 0.217 e. The maximum absolute atomic E-state index is 13.8. The van der Waals surface area contributed by atoms with Gasteiger partial charge in [-0.05, 0) is 43.4 Å². The lowest BCUT2D eigenvalue weighted by molar-refractivity contribution is -0.119. The van der Waals surface area contributed by atoms with Gasteiger partial charge in [0.1, 0.15) is 0 Å². The minimum Gasteiger partial charge on any atom is -0.490 e. The molecule has 0 aliphatic heterocycles. The van der Waals surface area contributed by atoms with Crippen molar-refractivity contribution in [2.45, 2.75) is 32.7 Å². The molecular formula is C14H18FNO2. The van der Waals surface area contributed by atoms with Crippen molar-refractivity contribution in [3.63, 3.8) is 0 Å². The summed E-state index contributed by atoms with van der Waals surface area (Å²) in [5, 5.41) is 2.72. The summed E-state index contributed by atoms with van der Waals surface area (Å²) in [5.41, 5.74) is 0.737. The van der Waals surface area contributed by atoms with Gasteiger partial charge in [0, 0.05) is 6.92 Å². The molecule has 1 aromatic carbocycles. The number of carbonyl (C=O) groups is 1. The number of rotatable bonds is 5. The van der Waals surface area contributed by atoms with Crippen LogP contribution < -0.4 is 10.1 Å². The van der Waals surface area contributed by atoms with E-state index in [1.165, 1.54) is 25.8 Å². The second-order valence-electron chi connectivity index (χ2n) is 4.87. The molecule has 1 N–H and O–H groups in total. The monoisotopic (exact) mass is 251 g/mol. The minimum absolute atomic E-state index is 0.128. The molecule has 1 fully saturated rings. The van der Waals surface area contributed by atoms with Crippen molar-refractivity contribution >= 4 is 5.91 Å². The zero-order valence-corrected chi connectivity index (χ0v) is 10.7. The molecule has 1 amide bonds. The van der Waals surface area contributed by atoms with Crippen molar-refractivity contribution in [1.82, 2.24) is 5.32 Å². The minimum atomic E-state index is -0.370. The van der Waals surface area contributed by atoms with E-state index in [4.69, 9.17) is 4.74 Å². The van der Waals surface area contributed by atoms with Gasteiger partial charge in [-0.25, -0.2) is 4.39 Å². The summed E-state index contributed by atoms with van der Waals surface area (Å²) in [6.07, 6.45) is 2.36. The first-order valence-electron chi connectivity index (χ1n) is 6.25. The number of benzene rings is 1. The lowest BCUT2D eigenvalue weighted by atomic mass is 10.1. The van der Waals surface area contributed by atoms with Crippen LogP contribution in [0.15, 0.2) is 18.2 Å². The molecule has 1 atom stereocenters. The van der Waals surface area contributed by atoms with Crippen LogP contribution >= 0.6 is 0 Å². The lowest BCUT2D eigenvalue weighted by Gasteiger charge is -2.14. The van der Waals surface area contributed by atoms with Gasteiger partial charge in [-0.15, -0.1) is 0 Å². The highest BCUT2D eigenvalue weighted by molar-refractivity contribution is 5.73. The molecule has 0 radical (unpaired) electrons. The van der Waals surface area contributed by atoms with Gasteiger partial charge in [0.2, 0.25) is 5.91 Å². The van der Waals surface area contributed by atoms with Crippen molar-refractivity contribution < 1.29 is 13.9 Å². The molecule has 18 heavy (non-hydrogen) atoms. The van der Waals surface area contributed by atoms with Crippen LogP contribution in [0.4, 0.5) is 4.39 Å². The van der Waals surface area contributed by atoms with E-state index in [0.29, 0.717) is 18.3 Å². The molecule has 3 nitrogen and oxygen atoms in total. The van der Waals surface area contributed by atoms with Crippen LogP contribution in [0.2, 0.25) is 0 Å². The first kappa shape index (κ1) is 12.9. The zero-order valence-electron chi connectivity index (χ0n) is 10.7. The van der Waals surface area contributed by atoms with Gasteiger partial charge in [-0.2, -0.15) is 0 Å². The van der Waals surface area contributed by atoms with E-state index >= 15 is 0 Å². The van der Waals surface area contributed by atoms with Crippen molar-refractivity contribution in [3.05, 3.63) is 29.6 Å². The Morgan fingerprint density at radius 3 is 2.83 bits per heavy atom. The standard InChI is InChI=1S/C14H18FNO2/c1-9(16-10(2)17)12-5-6-14(13(15)7-12)18-8-11-3-4-11/h5-7,9,11H,3-4,8H2,1-2H3,(H,16,17)/t9-/m1/s1. The third kappa shape index (κ3) is 3.45. The molecule has 2 rings (SSSR count). The van der Waals surface area contributed by atoms with Crippen LogP contribution in [-0.4, -0.2) is 12.5 Å². The van der Waals surface area contributed by atoms with Crippen molar-refractivity contribution in [2.24, 2.45) is 5.92 Å². The fourth-order valence-corrected chi connectivity index (χ4v) is 1.78. The molecule has 0 saturated heterocycles. The van der Waals surface area contributed by atoms with E-state index < -0.39 is 0 Å². The van der Waals surface area contributed by atoms with Crippen molar-refractivity contribution in [2.75, 3.05) is 6.61 Å². The van der Waals surface area contributed by atoms with Gasteiger partial charge < -0.3 is 10.1 Å². The number of amides is 1. The summed E-state index contributed by atoms with van der Waals surface area (Å²) in [4.78, 5) is 10.9. The van der Waals surface area contributed by atoms with E-state index in [9.17, 15) is 9.18 Å². The van der Waals surface area contributed by atoms with Crippen molar-refractivity contribution in [3.8, 4) is 5.75 Å². The quantitative estimate of drug-likeness (QED) is 0.874. The Morgan fingerprint density at radius 2 is 2.28 bits per heavy atom. The molecule has 0 heterocycles. The largest absolute Gasteiger partial charge is 0.490 e. The molecule has 1 aliphatic carbocycles. The highest BCUT2D eigenvalue weighted by Gasteiger charge is 2.22. The topological polar surface area (TPSA) is 38.3 Å². The van der Waals surface area contributed by atoms with Gasteiger partial charge >= 0.3 is 0 Å². The third-order valence-corrected chi connectivity index (χ3v) is 3.05. The first-order valence-corrected chi connectivity index (χ1v) is 6.25. The number of ether oxygens (including phenoxy) is 1. The van der Waals surface area contributed by atoms with Crippen LogP contribution in [0.5, 0.6) is 5.75 Å². The van der Waals surface area contributed by atoms with Crippen LogP contribution in [0, 0.1) is 11.7 Å². The fourth-order valence-electron chi connectivity index (χ4n) is 1.78. The Bertz CT molecular complexity index is 443. The smallest absolute Gasteiger partial charge is 0.217 e. The number of nitrogens with one attached hydrogen (secondary N) is 1. The number of halogens is 1. The van der Waals surface area contributed by atoms with Crippen molar-refractivity contribution in [1.29, 1.82) is 0 Å². The maximum atomic E-state index is 13.8. The Balaban J connectivity index is 2.00. The van der Waals surface area contributed by atoms with Crippen LogP contribution in [0.25, 0.3) is 0 Å². The summed E-state index contributed by atoms with van der Waals surface area (Å²) in [6.45, 7) is 3.86. The van der Waals surface area contributed by atoms with E-state index in [-0.39, 0.29) is 17.8 Å². The van der Waals surface area contributed by atoms with Gasteiger partial charge in [0.25, 0.3) is 0 Å². The highest BCUT2D eigenvalue weighted by Crippen LogP contribution is 2.30. The molecule has 1 aromatic rings. The normalized spacial score (nSPS) is 16.2. The van der Waals surface area contributed by atoms with Crippen LogP contribution in [0.1, 0.15) is 38.3 Å². The van der Waals surface area contributed by atoms with Gasteiger partial charge in [0.05, 0.1) is 12.6 Å². The molecule has 98 valence electrons. The third-order valence-electron chi connectivity index (χ3n) is 3.05. The molecule has 1 aliphatic rings. The Labute approximate surface area is 106 Å². The number of hydrogen-bond acceptors (Lipinski definition) is 2. The zero-order chi connectivity index (χ0) is 13.1. The molecule has 0 bridgehead atoms. The predicted octanol–water partition coefficient (Wildman–Crippen LogP) is 2.81. The Morgan fingerprint density at radius 1 is 1.56 bits per heavy atom. The number of hydrogen-bond donors (Lipinski definition) is 1. The van der Waals surface area contributed by atoms with Crippen LogP contribution in [-0.2, 0) is 4.79 Å². The average Bonchev–Trinajstić information content (AvgIpc) is 3.10. The molecule has 1 saturated carbocycles. The lowest BCUT2D eigenvalue weighted by Crippen LogP contribution is -2.23. The van der Waals surface area contributed by atoms with Gasteiger partial charge in [0.15, 0.2) is 11.6 Å².